The monoisotopic (exact) mass is 399 g/mol. The molecule has 1 amide bonds. The van der Waals surface area contributed by atoms with Gasteiger partial charge in [-0.2, -0.15) is 0 Å². The second-order valence-corrected chi connectivity index (χ2v) is 7.44. The zero-order chi connectivity index (χ0) is 20.4. The van der Waals surface area contributed by atoms with E-state index in [0.29, 0.717) is 35.2 Å². The first-order valence-corrected chi connectivity index (χ1v) is 9.74. The van der Waals surface area contributed by atoms with Gasteiger partial charge in [-0.15, -0.1) is 0 Å². The summed E-state index contributed by atoms with van der Waals surface area (Å²) >= 11 is 0. The number of piperidine rings is 1. The van der Waals surface area contributed by atoms with Crippen molar-refractivity contribution in [1.82, 2.24) is 14.9 Å². The van der Waals surface area contributed by atoms with Crippen LogP contribution in [0.25, 0.3) is 0 Å². The van der Waals surface area contributed by atoms with Crippen LogP contribution in [0.3, 0.4) is 0 Å². The molecule has 0 aliphatic carbocycles. The molecule has 154 valence electrons. The Balaban J connectivity index is 1.25. The van der Waals surface area contributed by atoms with Crippen LogP contribution >= 0.6 is 0 Å². The highest BCUT2D eigenvalue weighted by Crippen LogP contribution is 2.34. The number of nitrogens with one attached hydrogen (secondary N) is 3. The molecule has 0 atom stereocenters. The molecule has 0 spiro atoms. The third-order valence-electron chi connectivity index (χ3n) is 5.35. The molecule has 1 fully saturated rings. The Kier molecular flexibility index (Phi) is 5.39. The number of nitrogens with zero attached hydrogens (tertiary/aromatic N) is 2. The summed E-state index contributed by atoms with van der Waals surface area (Å²) in [5, 5.41) is 6.21. The number of anilines is 2. The fraction of sp³-hybridized carbons (Fsp3) is 0.450. The maximum absolute atomic E-state index is 12.4. The molecule has 29 heavy (non-hydrogen) atoms. The van der Waals surface area contributed by atoms with Crippen molar-refractivity contribution >= 4 is 17.5 Å². The number of fused-ring (bicyclic) bond motifs is 1. The molecule has 0 unspecified atom stereocenters. The lowest BCUT2D eigenvalue weighted by Crippen LogP contribution is -2.43. The highest BCUT2D eigenvalue weighted by atomic mass is 16.7. The number of rotatable bonds is 5. The van der Waals surface area contributed by atoms with Crippen LogP contribution in [-0.2, 0) is 4.79 Å². The van der Waals surface area contributed by atoms with Gasteiger partial charge in [-0.1, -0.05) is 0 Å². The summed E-state index contributed by atoms with van der Waals surface area (Å²) in [6, 6.07) is 5.58. The molecular weight excluding hydrogens is 374 g/mol. The first kappa shape index (κ1) is 19.3. The van der Waals surface area contributed by atoms with Crippen molar-refractivity contribution in [2.24, 2.45) is 0 Å². The zero-order valence-corrected chi connectivity index (χ0v) is 16.6. The van der Waals surface area contributed by atoms with Crippen LogP contribution in [0.5, 0.6) is 11.5 Å². The first-order valence-electron chi connectivity index (χ1n) is 9.74. The van der Waals surface area contributed by atoms with E-state index >= 15 is 0 Å². The summed E-state index contributed by atoms with van der Waals surface area (Å²) in [6.07, 6.45) is 1.74. The van der Waals surface area contributed by atoms with Gasteiger partial charge in [0.2, 0.25) is 18.6 Å². The maximum Gasteiger partial charge on any atom is 0.255 e. The predicted molar refractivity (Wildman–Crippen MR) is 109 cm³/mol. The van der Waals surface area contributed by atoms with Crippen molar-refractivity contribution in [3.05, 3.63) is 39.8 Å². The molecule has 3 heterocycles. The quantitative estimate of drug-likeness (QED) is 0.701. The lowest BCUT2D eigenvalue weighted by molar-refractivity contribution is -0.117. The molecule has 0 radical (unpaired) electrons. The number of aryl methyl sites for hydroxylation is 1. The van der Waals surface area contributed by atoms with Gasteiger partial charge in [-0.25, -0.2) is 4.98 Å². The van der Waals surface area contributed by atoms with E-state index in [1.807, 2.05) is 6.92 Å². The Bertz CT molecular complexity index is 966. The molecule has 3 N–H and O–H groups in total. The normalized spacial score (nSPS) is 16.6. The highest BCUT2D eigenvalue weighted by molar-refractivity contribution is 5.92. The van der Waals surface area contributed by atoms with Gasteiger partial charge in [0.15, 0.2) is 11.5 Å². The third-order valence-corrected chi connectivity index (χ3v) is 5.35. The van der Waals surface area contributed by atoms with E-state index in [1.165, 1.54) is 0 Å². The smallest absolute Gasteiger partial charge is 0.255 e. The molecule has 1 aromatic heterocycles. The molecule has 9 nitrogen and oxygen atoms in total. The summed E-state index contributed by atoms with van der Waals surface area (Å²) in [7, 11) is 0. The van der Waals surface area contributed by atoms with Crippen molar-refractivity contribution in [1.29, 1.82) is 0 Å². The fourth-order valence-corrected chi connectivity index (χ4v) is 3.52. The van der Waals surface area contributed by atoms with Gasteiger partial charge in [0, 0.05) is 42.1 Å². The largest absolute Gasteiger partial charge is 0.454 e. The molecular formula is C20H25N5O4. The molecule has 0 saturated carbocycles. The number of aromatic amines is 1. The van der Waals surface area contributed by atoms with Crippen molar-refractivity contribution < 1.29 is 14.3 Å². The summed E-state index contributed by atoms with van der Waals surface area (Å²) < 4.78 is 10.6. The highest BCUT2D eigenvalue weighted by Gasteiger charge is 2.22. The minimum Gasteiger partial charge on any atom is -0.454 e. The van der Waals surface area contributed by atoms with Crippen LogP contribution in [0.2, 0.25) is 0 Å². The van der Waals surface area contributed by atoms with Gasteiger partial charge in [0.25, 0.3) is 5.56 Å². The first-order chi connectivity index (χ1) is 14.0. The Morgan fingerprint density at radius 3 is 2.76 bits per heavy atom. The Morgan fingerprint density at radius 2 is 2.00 bits per heavy atom. The molecule has 2 aromatic rings. The van der Waals surface area contributed by atoms with E-state index in [-0.39, 0.29) is 24.3 Å². The van der Waals surface area contributed by atoms with Crippen LogP contribution in [0.1, 0.15) is 24.1 Å². The van der Waals surface area contributed by atoms with Gasteiger partial charge in [0.05, 0.1) is 6.54 Å². The second-order valence-electron chi connectivity index (χ2n) is 7.44. The van der Waals surface area contributed by atoms with Crippen LogP contribution in [-0.4, -0.2) is 53.2 Å². The van der Waals surface area contributed by atoms with Crippen molar-refractivity contribution in [2.45, 2.75) is 32.7 Å². The lowest BCUT2D eigenvalue weighted by atomic mass is 10.1. The lowest BCUT2D eigenvalue weighted by Gasteiger charge is -2.32. The number of carbonyl (C=O) groups excluding carboxylic acids is 1. The number of likely N-dealkylation sites (tertiary alicyclic amines) is 1. The van der Waals surface area contributed by atoms with Gasteiger partial charge in [0.1, 0.15) is 0 Å². The van der Waals surface area contributed by atoms with Crippen LogP contribution in [0, 0.1) is 13.8 Å². The van der Waals surface area contributed by atoms with Crippen molar-refractivity contribution in [2.75, 3.05) is 37.1 Å². The molecule has 9 heteroatoms. The number of ether oxygens (including phenoxy) is 2. The average molecular weight is 399 g/mol. The summed E-state index contributed by atoms with van der Waals surface area (Å²) in [5.41, 5.74) is 1.95. The molecule has 2 aliphatic rings. The summed E-state index contributed by atoms with van der Waals surface area (Å²) in [6.45, 7) is 5.72. The van der Waals surface area contributed by atoms with Crippen LogP contribution < -0.4 is 25.7 Å². The third kappa shape index (κ3) is 4.51. The Hall–Kier alpha value is -3.07. The standard InChI is InChI=1S/C20H25N5O4/c1-12-13(2)21-20(24-19(12)27)23-14-5-7-25(8-6-14)10-18(26)22-15-3-4-16-17(9-15)29-11-28-16/h3-4,9,14H,5-8,10-11H2,1-2H3,(H,22,26)(H2,21,23,24,27). The van der Waals surface area contributed by atoms with Gasteiger partial charge in [-0.3, -0.25) is 19.5 Å². The number of hydrogen-bond donors (Lipinski definition) is 3. The van der Waals surface area contributed by atoms with E-state index in [9.17, 15) is 9.59 Å². The average Bonchev–Trinajstić information content (AvgIpc) is 3.15. The minimum absolute atomic E-state index is 0.0598. The van der Waals surface area contributed by atoms with E-state index in [1.54, 1.807) is 25.1 Å². The number of aromatic nitrogens is 2. The number of amides is 1. The minimum atomic E-state index is -0.113. The fourth-order valence-electron chi connectivity index (χ4n) is 3.52. The molecule has 1 aromatic carbocycles. The van der Waals surface area contributed by atoms with E-state index in [4.69, 9.17) is 9.47 Å². The van der Waals surface area contributed by atoms with Gasteiger partial charge < -0.3 is 20.1 Å². The zero-order valence-electron chi connectivity index (χ0n) is 16.6. The maximum atomic E-state index is 12.4. The topological polar surface area (TPSA) is 109 Å². The number of H-pyrrole nitrogens is 1. The summed E-state index contributed by atoms with van der Waals surface area (Å²) in [4.78, 5) is 33.6. The van der Waals surface area contributed by atoms with Gasteiger partial charge in [-0.05, 0) is 38.8 Å². The Morgan fingerprint density at radius 1 is 1.24 bits per heavy atom. The predicted octanol–water partition coefficient (Wildman–Crippen LogP) is 1.63. The van der Waals surface area contributed by atoms with E-state index < -0.39 is 0 Å². The second kappa shape index (κ2) is 8.12. The number of benzene rings is 1. The van der Waals surface area contributed by atoms with Crippen molar-refractivity contribution in [3.8, 4) is 11.5 Å². The molecule has 0 bridgehead atoms. The number of hydrogen-bond acceptors (Lipinski definition) is 7. The van der Waals surface area contributed by atoms with Crippen LogP contribution in [0.15, 0.2) is 23.0 Å². The molecule has 2 aliphatic heterocycles. The Labute approximate surface area is 168 Å². The molecule has 1 saturated heterocycles. The number of carbonyl (C=O) groups is 1. The van der Waals surface area contributed by atoms with Crippen LogP contribution in [0.4, 0.5) is 11.6 Å². The van der Waals surface area contributed by atoms with E-state index in [0.717, 1.165) is 31.6 Å². The van der Waals surface area contributed by atoms with E-state index in [2.05, 4.69) is 25.5 Å². The summed E-state index contributed by atoms with van der Waals surface area (Å²) in [5.74, 6) is 1.79. The SMILES string of the molecule is Cc1nc(NC2CCN(CC(=O)Nc3ccc4c(c3)OCO4)CC2)[nH]c(=O)c1C. The molecule has 4 rings (SSSR count). The van der Waals surface area contributed by atoms with Gasteiger partial charge >= 0.3 is 0 Å². The van der Waals surface area contributed by atoms with Crippen molar-refractivity contribution in [3.63, 3.8) is 0 Å².